The van der Waals surface area contributed by atoms with Gasteiger partial charge in [0.05, 0.1) is 10.2 Å². The van der Waals surface area contributed by atoms with Crippen LogP contribution in [-0.4, -0.2) is 84.6 Å². The lowest BCUT2D eigenvalue weighted by Gasteiger charge is -2.43. The van der Waals surface area contributed by atoms with E-state index >= 15 is 0 Å². The number of nitrogens with zero attached hydrogens (tertiary/aromatic N) is 4. The van der Waals surface area contributed by atoms with Crippen LogP contribution in [0.25, 0.3) is 15.8 Å². The number of anilines is 1. The third-order valence-corrected chi connectivity index (χ3v) is 10.5. The molecule has 46 heavy (non-hydrogen) atoms. The Bertz CT molecular complexity index is 1630. The molecule has 0 bridgehead atoms. The van der Waals surface area contributed by atoms with Crippen molar-refractivity contribution in [3.8, 4) is 0 Å². The molecule has 1 spiro atoms. The number of fused-ring (bicyclic) bond motifs is 1. The minimum atomic E-state index is -5.25. The maximum absolute atomic E-state index is 14.0. The van der Waals surface area contributed by atoms with E-state index in [-0.39, 0.29) is 22.9 Å². The average molecular weight is 676 g/mol. The average Bonchev–Trinajstić information content (AvgIpc) is 3.77. The number of hydrogen-bond acceptors (Lipinski definition) is 10. The lowest BCUT2D eigenvalue weighted by molar-refractivity contribution is -0.252. The highest BCUT2D eigenvalue weighted by atomic mass is 35.5. The molecule has 0 radical (unpaired) electrons. The van der Waals surface area contributed by atoms with E-state index in [9.17, 15) is 22.8 Å². The van der Waals surface area contributed by atoms with Gasteiger partial charge >= 0.3 is 12.1 Å². The van der Waals surface area contributed by atoms with Gasteiger partial charge < -0.3 is 25.7 Å². The van der Waals surface area contributed by atoms with Crippen molar-refractivity contribution in [2.24, 2.45) is 5.41 Å². The van der Waals surface area contributed by atoms with Crippen molar-refractivity contribution in [3.63, 3.8) is 0 Å². The Morgan fingerprint density at radius 3 is 2.63 bits per heavy atom. The number of rotatable bonds is 6. The standard InChI is InChI=1S/C31H33ClF3N7O3S/c32-19-7-9-21(10-8-19)40-14-11-30(17-40)12-15-41(18-30)29-39-26(43)24(27-38-22-5-1-2-6-23(22)46-27)25(37-20-4-3-13-36-16-20)42(29)45-28(44)31(33,34)35/h1-2,5-10,20,29,36-37H,3-4,11-18H2,(H,39,43)/t20-,29?,30?/m1/s1. The Kier molecular flexibility index (Phi) is 8.24. The number of hydrogen-bond donors (Lipinski definition) is 3. The largest absolute Gasteiger partial charge is 0.493 e. The highest BCUT2D eigenvalue weighted by molar-refractivity contribution is 7.19. The predicted octanol–water partition coefficient (Wildman–Crippen LogP) is 4.30. The van der Waals surface area contributed by atoms with Crippen molar-refractivity contribution in [2.75, 3.05) is 44.2 Å². The Labute approximate surface area is 272 Å². The van der Waals surface area contributed by atoms with Crippen LogP contribution >= 0.6 is 22.9 Å². The van der Waals surface area contributed by atoms with Crippen LogP contribution in [0.4, 0.5) is 18.9 Å². The number of para-hydroxylation sites is 1. The van der Waals surface area contributed by atoms with Crippen LogP contribution in [0.5, 0.6) is 0 Å². The first-order valence-electron chi connectivity index (χ1n) is 15.3. The molecule has 0 saturated carbocycles. The maximum atomic E-state index is 14.0. The van der Waals surface area contributed by atoms with E-state index in [1.54, 1.807) is 6.07 Å². The second-order valence-electron chi connectivity index (χ2n) is 12.3. The van der Waals surface area contributed by atoms with E-state index in [0.29, 0.717) is 41.6 Å². The second-order valence-corrected chi connectivity index (χ2v) is 13.8. The number of nitrogens with one attached hydrogen (secondary N) is 3. The molecule has 7 rings (SSSR count). The van der Waals surface area contributed by atoms with Gasteiger partial charge in [0.15, 0.2) is 12.1 Å². The van der Waals surface area contributed by atoms with Gasteiger partial charge in [-0.25, -0.2) is 9.78 Å². The fourth-order valence-electron chi connectivity index (χ4n) is 6.87. The van der Waals surface area contributed by atoms with Gasteiger partial charge in [0, 0.05) is 54.9 Å². The zero-order valence-corrected chi connectivity index (χ0v) is 26.4. The third kappa shape index (κ3) is 6.10. The number of alkyl halides is 3. The SMILES string of the molecule is O=C1NC(N2CCC3(CCN(c4ccc(Cl)cc4)C3)C2)N(OC(=O)C(F)(F)F)C(N[C@@H]2CCCNC2)=C1c1nc2ccccc2s1. The molecule has 3 aromatic rings. The van der Waals surface area contributed by atoms with Gasteiger partial charge in [0.2, 0.25) is 0 Å². The van der Waals surface area contributed by atoms with Crippen LogP contribution in [0.1, 0.15) is 30.7 Å². The van der Waals surface area contributed by atoms with Crippen molar-refractivity contribution >= 4 is 56.3 Å². The van der Waals surface area contributed by atoms with E-state index in [2.05, 4.69) is 25.8 Å². The van der Waals surface area contributed by atoms with Crippen molar-refractivity contribution in [1.82, 2.24) is 30.9 Å². The molecular weight excluding hydrogens is 643 g/mol. The van der Waals surface area contributed by atoms with Gasteiger partial charge in [0.25, 0.3) is 5.91 Å². The number of carbonyl (C=O) groups excluding carboxylic acids is 2. The van der Waals surface area contributed by atoms with E-state index in [1.807, 2.05) is 47.4 Å². The molecule has 4 aliphatic rings. The molecule has 10 nitrogen and oxygen atoms in total. The zero-order chi connectivity index (χ0) is 32.1. The summed E-state index contributed by atoms with van der Waals surface area (Å²) in [5.74, 6) is -2.89. The molecule has 1 amide bonds. The molecule has 2 unspecified atom stereocenters. The van der Waals surface area contributed by atoms with Gasteiger partial charge in [-0.15, -0.1) is 11.3 Å². The first kappa shape index (κ1) is 31.0. The summed E-state index contributed by atoms with van der Waals surface area (Å²) in [6.07, 6.45) is -3.26. The number of benzene rings is 2. The van der Waals surface area contributed by atoms with Crippen LogP contribution < -0.4 is 20.9 Å². The van der Waals surface area contributed by atoms with Crippen LogP contribution in [0.2, 0.25) is 5.02 Å². The van der Waals surface area contributed by atoms with E-state index in [1.165, 1.54) is 11.3 Å². The molecule has 2 aromatic carbocycles. The van der Waals surface area contributed by atoms with Crippen molar-refractivity contribution in [3.05, 3.63) is 64.4 Å². The van der Waals surface area contributed by atoms with E-state index in [4.69, 9.17) is 16.4 Å². The topological polar surface area (TPSA) is 102 Å². The molecule has 244 valence electrons. The number of aromatic nitrogens is 1. The van der Waals surface area contributed by atoms with Crippen LogP contribution in [0.3, 0.4) is 0 Å². The summed E-state index contributed by atoms with van der Waals surface area (Å²) in [5, 5.41) is 11.3. The fraction of sp³-hybridized carbons (Fsp3) is 0.452. The number of hydroxylamine groups is 2. The molecule has 1 aromatic heterocycles. The van der Waals surface area contributed by atoms with Gasteiger partial charge in [-0.1, -0.05) is 23.7 Å². The summed E-state index contributed by atoms with van der Waals surface area (Å²) in [4.78, 5) is 40.5. The van der Waals surface area contributed by atoms with Crippen molar-refractivity contribution < 1.29 is 27.6 Å². The van der Waals surface area contributed by atoms with Crippen LogP contribution in [-0.2, 0) is 14.4 Å². The van der Waals surface area contributed by atoms with Gasteiger partial charge in [0.1, 0.15) is 10.6 Å². The second kappa shape index (κ2) is 12.2. The number of amides is 1. The van der Waals surface area contributed by atoms with Gasteiger partial charge in [-0.05, 0) is 68.6 Å². The number of halogens is 4. The molecule has 15 heteroatoms. The summed E-state index contributed by atoms with van der Waals surface area (Å²) < 4.78 is 42.0. The molecule has 4 aliphatic heterocycles. The van der Waals surface area contributed by atoms with Crippen molar-refractivity contribution in [2.45, 2.75) is 44.2 Å². The summed E-state index contributed by atoms with van der Waals surface area (Å²) in [6.45, 7) is 3.84. The Hall–Kier alpha value is -3.59. The number of thiazole rings is 1. The third-order valence-electron chi connectivity index (χ3n) is 9.17. The maximum Gasteiger partial charge on any atom is 0.493 e. The lowest BCUT2D eigenvalue weighted by atomic mass is 9.86. The molecule has 3 atom stereocenters. The zero-order valence-electron chi connectivity index (χ0n) is 24.8. The summed E-state index contributed by atoms with van der Waals surface area (Å²) in [5.41, 5.74) is 1.56. The quantitative estimate of drug-likeness (QED) is 0.353. The minimum Gasteiger partial charge on any atom is -0.371 e. The molecule has 3 N–H and O–H groups in total. The molecule has 5 heterocycles. The number of piperidine rings is 1. The highest BCUT2D eigenvalue weighted by Gasteiger charge is 2.51. The molecule has 3 fully saturated rings. The van der Waals surface area contributed by atoms with Gasteiger partial charge in [-0.2, -0.15) is 18.2 Å². The van der Waals surface area contributed by atoms with Crippen molar-refractivity contribution in [1.29, 1.82) is 0 Å². The minimum absolute atomic E-state index is 0.00531. The Morgan fingerprint density at radius 2 is 1.89 bits per heavy atom. The predicted molar refractivity (Wildman–Crippen MR) is 168 cm³/mol. The molecule has 0 aliphatic carbocycles. The van der Waals surface area contributed by atoms with Crippen LogP contribution in [0, 0.1) is 5.41 Å². The first-order valence-corrected chi connectivity index (χ1v) is 16.5. The summed E-state index contributed by atoms with van der Waals surface area (Å²) in [6, 6.07) is 14.7. The molecule has 3 saturated heterocycles. The number of carbonyl (C=O) groups is 2. The molecular formula is C31H33ClF3N7O3S. The number of likely N-dealkylation sites (tertiary alicyclic amines) is 1. The first-order chi connectivity index (χ1) is 22.1. The van der Waals surface area contributed by atoms with Gasteiger partial charge in [-0.3, -0.25) is 9.69 Å². The lowest BCUT2D eigenvalue weighted by Crippen LogP contribution is -2.64. The summed E-state index contributed by atoms with van der Waals surface area (Å²) in [7, 11) is 0. The highest BCUT2D eigenvalue weighted by Crippen LogP contribution is 2.43. The monoisotopic (exact) mass is 675 g/mol. The normalized spacial score (nSPS) is 25.9. The Balaban J connectivity index is 1.24. The smallest absolute Gasteiger partial charge is 0.371 e. The Morgan fingerprint density at radius 1 is 1.11 bits per heavy atom. The van der Waals surface area contributed by atoms with E-state index < -0.39 is 24.3 Å². The van der Waals surface area contributed by atoms with Crippen LogP contribution in [0.15, 0.2) is 54.4 Å². The van der Waals surface area contributed by atoms with E-state index in [0.717, 1.165) is 54.3 Å². The fourth-order valence-corrected chi connectivity index (χ4v) is 8.00. The summed E-state index contributed by atoms with van der Waals surface area (Å²) >= 11 is 7.34.